The van der Waals surface area contributed by atoms with Crippen LogP contribution >= 0.6 is 0 Å². The first kappa shape index (κ1) is 20.0. The minimum atomic E-state index is 0.565. The molecular weight excluding hydrogens is 240 g/mol. The van der Waals surface area contributed by atoms with Crippen LogP contribution in [0.1, 0.15) is 118 Å². The Bertz CT molecular complexity index is 192. The molecule has 0 nitrogen and oxygen atoms in total. The van der Waals surface area contributed by atoms with Gasteiger partial charge in [0.15, 0.2) is 0 Å². The van der Waals surface area contributed by atoms with E-state index in [9.17, 15) is 0 Å². The molecule has 20 heavy (non-hydrogen) atoms. The summed E-state index contributed by atoms with van der Waals surface area (Å²) in [5.74, 6) is 0.919. The largest absolute Gasteiger partial charge is 0.0654 e. The second-order valence-corrected chi connectivity index (χ2v) is 7.84. The minimum Gasteiger partial charge on any atom is -0.0654 e. The van der Waals surface area contributed by atoms with Crippen LogP contribution in [0.15, 0.2) is 0 Å². The zero-order valence-corrected chi connectivity index (χ0v) is 15.3. The Labute approximate surface area is 130 Å². The fourth-order valence-electron chi connectivity index (χ4n) is 3.45. The van der Waals surface area contributed by atoms with Crippen molar-refractivity contribution in [1.82, 2.24) is 0 Å². The molecule has 0 heteroatoms. The van der Waals surface area contributed by atoms with Crippen molar-refractivity contribution in [2.24, 2.45) is 11.3 Å². The van der Waals surface area contributed by atoms with E-state index in [1.807, 2.05) is 0 Å². The van der Waals surface area contributed by atoms with Gasteiger partial charge in [-0.2, -0.15) is 0 Å². The number of unbranched alkanes of at least 4 members (excludes halogenated alkanes) is 8. The van der Waals surface area contributed by atoms with Gasteiger partial charge in [0.1, 0.15) is 0 Å². The van der Waals surface area contributed by atoms with Crippen molar-refractivity contribution in [3.05, 3.63) is 0 Å². The van der Waals surface area contributed by atoms with E-state index in [0.29, 0.717) is 5.41 Å². The highest BCUT2D eigenvalue weighted by atomic mass is 14.3. The van der Waals surface area contributed by atoms with Gasteiger partial charge in [-0.1, -0.05) is 105 Å². The molecule has 0 aliphatic heterocycles. The zero-order valence-electron chi connectivity index (χ0n) is 15.3. The van der Waals surface area contributed by atoms with E-state index in [1.54, 1.807) is 0 Å². The standard InChI is InChI=1S/C20H42/c1-6-8-10-12-14-16-19(3)18-20(4,5)17-15-13-11-9-7-2/h19H,6-18H2,1-5H3. The summed E-state index contributed by atoms with van der Waals surface area (Å²) in [5.41, 5.74) is 0.565. The molecule has 1 atom stereocenters. The van der Waals surface area contributed by atoms with Gasteiger partial charge >= 0.3 is 0 Å². The molecule has 0 aliphatic carbocycles. The maximum atomic E-state index is 2.49. The third kappa shape index (κ3) is 13.0. The maximum absolute atomic E-state index is 2.49. The van der Waals surface area contributed by atoms with E-state index in [-0.39, 0.29) is 0 Å². The molecule has 0 amide bonds. The molecule has 0 aromatic heterocycles. The average Bonchev–Trinajstić information content (AvgIpc) is 2.37. The molecule has 0 saturated carbocycles. The fraction of sp³-hybridized carbons (Fsp3) is 1.00. The third-order valence-electron chi connectivity index (χ3n) is 4.66. The molecular formula is C20H42. The van der Waals surface area contributed by atoms with Crippen molar-refractivity contribution in [2.45, 2.75) is 118 Å². The lowest BCUT2D eigenvalue weighted by Gasteiger charge is -2.28. The van der Waals surface area contributed by atoms with Crippen LogP contribution in [0.2, 0.25) is 0 Å². The molecule has 0 N–H and O–H groups in total. The smallest absolute Gasteiger partial charge is 0.0352 e. The maximum Gasteiger partial charge on any atom is -0.0352 e. The first-order valence-corrected chi connectivity index (χ1v) is 9.52. The highest BCUT2D eigenvalue weighted by Gasteiger charge is 2.20. The SMILES string of the molecule is CCCCCCCC(C)CC(C)(C)CCCCCCC. The number of hydrogen-bond acceptors (Lipinski definition) is 0. The molecule has 0 aliphatic rings. The summed E-state index contributed by atoms with van der Waals surface area (Å²) in [6, 6.07) is 0. The van der Waals surface area contributed by atoms with Crippen molar-refractivity contribution in [3.63, 3.8) is 0 Å². The average molecular weight is 283 g/mol. The lowest BCUT2D eigenvalue weighted by molar-refractivity contribution is 0.238. The number of rotatable bonds is 14. The second kappa shape index (κ2) is 12.7. The van der Waals surface area contributed by atoms with Crippen molar-refractivity contribution in [1.29, 1.82) is 0 Å². The second-order valence-electron chi connectivity index (χ2n) is 7.84. The predicted molar refractivity (Wildman–Crippen MR) is 94.3 cm³/mol. The Morgan fingerprint density at radius 3 is 1.75 bits per heavy atom. The quantitative estimate of drug-likeness (QED) is 0.285. The minimum absolute atomic E-state index is 0.565. The Morgan fingerprint density at radius 2 is 1.20 bits per heavy atom. The van der Waals surface area contributed by atoms with Gasteiger partial charge in [-0.05, 0) is 24.2 Å². The third-order valence-corrected chi connectivity index (χ3v) is 4.66. The van der Waals surface area contributed by atoms with Crippen molar-refractivity contribution < 1.29 is 0 Å². The van der Waals surface area contributed by atoms with Gasteiger partial charge in [-0.15, -0.1) is 0 Å². The number of hydrogen-bond donors (Lipinski definition) is 0. The fourth-order valence-corrected chi connectivity index (χ4v) is 3.45. The van der Waals surface area contributed by atoms with Gasteiger partial charge in [0, 0.05) is 0 Å². The van der Waals surface area contributed by atoms with E-state index < -0.39 is 0 Å². The summed E-state index contributed by atoms with van der Waals surface area (Å²) >= 11 is 0. The van der Waals surface area contributed by atoms with Gasteiger partial charge in [-0.25, -0.2) is 0 Å². The summed E-state index contributed by atoms with van der Waals surface area (Å²) in [7, 11) is 0. The monoisotopic (exact) mass is 282 g/mol. The molecule has 0 fully saturated rings. The van der Waals surface area contributed by atoms with Crippen LogP contribution in [0.3, 0.4) is 0 Å². The van der Waals surface area contributed by atoms with E-state index in [1.165, 1.54) is 83.5 Å². The Hall–Kier alpha value is 0. The van der Waals surface area contributed by atoms with Gasteiger partial charge in [0.2, 0.25) is 0 Å². The van der Waals surface area contributed by atoms with Crippen LogP contribution in [-0.2, 0) is 0 Å². The van der Waals surface area contributed by atoms with Crippen molar-refractivity contribution in [2.75, 3.05) is 0 Å². The Morgan fingerprint density at radius 1 is 0.700 bits per heavy atom. The van der Waals surface area contributed by atoms with Crippen LogP contribution in [0.5, 0.6) is 0 Å². The molecule has 0 saturated heterocycles. The van der Waals surface area contributed by atoms with Crippen LogP contribution in [0, 0.1) is 11.3 Å². The van der Waals surface area contributed by atoms with Crippen LogP contribution in [0.4, 0.5) is 0 Å². The molecule has 1 unspecified atom stereocenters. The molecule has 0 aromatic rings. The van der Waals surface area contributed by atoms with Gasteiger partial charge in [0.25, 0.3) is 0 Å². The van der Waals surface area contributed by atoms with Crippen LogP contribution in [0.25, 0.3) is 0 Å². The molecule has 122 valence electrons. The molecule has 0 rings (SSSR count). The van der Waals surface area contributed by atoms with Gasteiger partial charge in [-0.3, -0.25) is 0 Å². The van der Waals surface area contributed by atoms with Crippen LogP contribution in [-0.4, -0.2) is 0 Å². The molecule has 0 radical (unpaired) electrons. The first-order valence-electron chi connectivity index (χ1n) is 9.52. The Balaban J connectivity index is 3.60. The molecule has 0 aromatic carbocycles. The summed E-state index contributed by atoms with van der Waals surface area (Å²) in [5, 5.41) is 0. The summed E-state index contributed by atoms with van der Waals surface area (Å²) < 4.78 is 0. The van der Waals surface area contributed by atoms with E-state index >= 15 is 0 Å². The predicted octanol–water partition coefficient (Wildman–Crippen LogP) is 7.76. The molecule has 0 spiro atoms. The van der Waals surface area contributed by atoms with Crippen molar-refractivity contribution >= 4 is 0 Å². The summed E-state index contributed by atoms with van der Waals surface area (Å²) in [6.07, 6.45) is 18.6. The van der Waals surface area contributed by atoms with E-state index in [2.05, 4.69) is 34.6 Å². The molecule has 0 bridgehead atoms. The summed E-state index contributed by atoms with van der Waals surface area (Å²) in [4.78, 5) is 0. The van der Waals surface area contributed by atoms with E-state index in [4.69, 9.17) is 0 Å². The van der Waals surface area contributed by atoms with Crippen molar-refractivity contribution in [3.8, 4) is 0 Å². The normalized spacial score (nSPS) is 13.7. The van der Waals surface area contributed by atoms with Gasteiger partial charge in [0.05, 0.1) is 0 Å². The van der Waals surface area contributed by atoms with Crippen LogP contribution < -0.4 is 0 Å². The van der Waals surface area contributed by atoms with E-state index in [0.717, 1.165) is 5.92 Å². The zero-order chi connectivity index (χ0) is 15.3. The van der Waals surface area contributed by atoms with Gasteiger partial charge < -0.3 is 0 Å². The Kier molecular flexibility index (Phi) is 12.7. The highest BCUT2D eigenvalue weighted by Crippen LogP contribution is 2.33. The first-order chi connectivity index (χ1) is 9.52. The lowest BCUT2D eigenvalue weighted by atomic mass is 9.78. The highest BCUT2D eigenvalue weighted by molar-refractivity contribution is 4.72. The molecule has 0 heterocycles. The summed E-state index contributed by atoms with van der Waals surface area (Å²) in [6.45, 7) is 12.0. The topological polar surface area (TPSA) is 0 Å². The lowest BCUT2D eigenvalue weighted by Crippen LogP contribution is -2.15.